The van der Waals surface area contributed by atoms with E-state index < -0.39 is 0 Å². The summed E-state index contributed by atoms with van der Waals surface area (Å²) in [6.45, 7) is 6.59. The summed E-state index contributed by atoms with van der Waals surface area (Å²) in [5, 5.41) is 9.55. The number of hydrogen-bond donors (Lipinski definition) is 1. The van der Waals surface area contributed by atoms with Crippen LogP contribution in [0.1, 0.15) is 46.0 Å². The number of nitrogens with zero attached hydrogens (tertiary/aromatic N) is 1. The fourth-order valence-corrected chi connectivity index (χ4v) is 3.17. The number of aliphatic hydroxyl groups excluding tert-OH is 1. The van der Waals surface area contributed by atoms with Crippen LogP contribution in [0.5, 0.6) is 0 Å². The molecule has 96 valence electrons. The van der Waals surface area contributed by atoms with E-state index in [0.717, 1.165) is 6.42 Å². The van der Waals surface area contributed by atoms with Gasteiger partial charge in [-0.1, -0.05) is 19.8 Å². The fourth-order valence-electron chi connectivity index (χ4n) is 2.52. The Labute approximate surface area is 105 Å². The minimum Gasteiger partial charge on any atom is -0.393 e. The van der Waals surface area contributed by atoms with Crippen LogP contribution in [-0.2, 0) is 0 Å². The first kappa shape index (κ1) is 14.3. The van der Waals surface area contributed by atoms with E-state index in [9.17, 15) is 5.11 Å². The number of likely N-dealkylation sites (tertiary alicyclic amines) is 1. The highest BCUT2D eigenvalue weighted by molar-refractivity contribution is 7.99. The molecule has 1 saturated heterocycles. The molecular weight excluding hydrogens is 218 g/mol. The number of aliphatic hydroxyl groups is 1. The molecule has 0 aromatic heterocycles. The van der Waals surface area contributed by atoms with E-state index in [1.165, 1.54) is 50.3 Å². The molecule has 0 spiro atoms. The van der Waals surface area contributed by atoms with E-state index >= 15 is 0 Å². The van der Waals surface area contributed by atoms with Crippen LogP contribution in [0.2, 0.25) is 0 Å². The van der Waals surface area contributed by atoms with Crippen molar-refractivity contribution in [3.05, 3.63) is 0 Å². The molecule has 3 heteroatoms. The summed E-state index contributed by atoms with van der Waals surface area (Å²) in [6, 6.07) is 0.625. The molecule has 1 aliphatic rings. The molecule has 0 aliphatic carbocycles. The zero-order valence-corrected chi connectivity index (χ0v) is 11.6. The molecule has 16 heavy (non-hydrogen) atoms. The maximum atomic E-state index is 9.55. The van der Waals surface area contributed by atoms with E-state index in [-0.39, 0.29) is 6.10 Å². The quantitative estimate of drug-likeness (QED) is 0.728. The van der Waals surface area contributed by atoms with Crippen molar-refractivity contribution in [2.45, 2.75) is 58.1 Å². The highest BCUT2D eigenvalue weighted by Gasteiger charge is 2.21. The lowest BCUT2D eigenvalue weighted by atomic mass is 10.0. The zero-order chi connectivity index (χ0) is 11.8. The average Bonchev–Trinajstić information content (AvgIpc) is 2.44. The molecule has 0 aromatic carbocycles. The lowest BCUT2D eigenvalue weighted by molar-refractivity contribution is 0.116. The van der Waals surface area contributed by atoms with Crippen molar-refractivity contribution in [1.29, 1.82) is 0 Å². The monoisotopic (exact) mass is 245 g/mol. The Bertz CT molecular complexity index is 175. The molecule has 0 aromatic rings. The van der Waals surface area contributed by atoms with Crippen LogP contribution in [0.15, 0.2) is 0 Å². The van der Waals surface area contributed by atoms with Crippen LogP contribution in [0.3, 0.4) is 0 Å². The summed E-state index contributed by atoms with van der Waals surface area (Å²) in [5.41, 5.74) is 0. The molecule has 2 unspecified atom stereocenters. The molecule has 0 radical (unpaired) electrons. The third-order valence-electron chi connectivity index (χ3n) is 3.34. The van der Waals surface area contributed by atoms with E-state index in [2.05, 4.69) is 11.8 Å². The molecule has 1 aliphatic heterocycles. The Kier molecular flexibility index (Phi) is 7.50. The van der Waals surface area contributed by atoms with Gasteiger partial charge in [-0.15, -0.1) is 0 Å². The van der Waals surface area contributed by atoms with E-state index in [0.29, 0.717) is 6.04 Å². The van der Waals surface area contributed by atoms with Crippen LogP contribution < -0.4 is 0 Å². The van der Waals surface area contributed by atoms with Crippen molar-refractivity contribution in [1.82, 2.24) is 4.90 Å². The second-order valence-electron chi connectivity index (χ2n) is 4.82. The number of hydrogen-bond acceptors (Lipinski definition) is 3. The fraction of sp³-hybridized carbons (Fsp3) is 1.00. The van der Waals surface area contributed by atoms with Gasteiger partial charge in [-0.2, -0.15) is 11.8 Å². The predicted molar refractivity (Wildman–Crippen MR) is 73.1 cm³/mol. The lowest BCUT2D eigenvalue weighted by Gasteiger charge is -2.30. The Balaban J connectivity index is 2.38. The summed E-state index contributed by atoms with van der Waals surface area (Å²) in [6.07, 6.45) is 6.14. The Morgan fingerprint density at radius 1 is 1.38 bits per heavy atom. The first-order valence-corrected chi connectivity index (χ1v) is 7.89. The van der Waals surface area contributed by atoms with Gasteiger partial charge in [0.2, 0.25) is 0 Å². The van der Waals surface area contributed by atoms with Crippen LogP contribution in [0.4, 0.5) is 0 Å². The summed E-state index contributed by atoms with van der Waals surface area (Å²) in [7, 11) is 0. The van der Waals surface area contributed by atoms with Crippen LogP contribution in [-0.4, -0.2) is 46.7 Å². The number of thioether (sulfide) groups is 1. The normalized spacial score (nSPS) is 25.3. The van der Waals surface area contributed by atoms with Gasteiger partial charge < -0.3 is 5.11 Å². The van der Waals surface area contributed by atoms with Crippen molar-refractivity contribution >= 4 is 11.8 Å². The maximum Gasteiger partial charge on any atom is 0.0527 e. The second kappa shape index (κ2) is 8.37. The number of rotatable bonds is 6. The van der Waals surface area contributed by atoms with Gasteiger partial charge in [-0.05, 0) is 38.5 Å². The zero-order valence-electron chi connectivity index (χ0n) is 10.8. The smallest absolute Gasteiger partial charge is 0.0527 e. The van der Waals surface area contributed by atoms with Crippen LogP contribution >= 0.6 is 11.8 Å². The molecule has 2 nitrogen and oxygen atoms in total. The Morgan fingerprint density at radius 2 is 2.19 bits per heavy atom. The van der Waals surface area contributed by atoms with Gasteiger partial charge in [0, 0.05) is 18.3 Å². The van der Waals surface area contributed by atoms with Crippen molar-refractivity contribution < 1.29 is 5.11 Å². The highest BCUT2D eigenvalue weighted by Crippen LogP contribution is 2.20. The molecule has 0 amide bonds. The predicted octanol–water partition coefficient (Wildman–Crippen LogP) is 2.76. The average molecular weight is 245 g/mol. The van der Waals surface area contributed by atoms with Gasteiger partial charge in [0.05, 0.1) is 6.10 Å². The van der Waals surface area contributed by atoms with Crippen molar-refractivity contribution in [3.8, 4) is 0 Å². The Morgan fingerprint density at radius 3 is 2.88 bits per heavy atom. The largest absolute Gasteiger partial charge is 0.393 e. The van der Waals surface area contributed by atoms with E-state index in [1.807, 2.05) is 18.7 Å². The van der Waals surface area contributed by atoms with Gasteiger partial charge in [-0.3, -0.25) is 4.90 Å². The lowest BCUT2D eigenvalue weighted by Crippen LogP contribution is -2.38. The van der Waals surface area contributed by atoms with Crippen molar-refractivity contribution in [3.63, 3.8) is 0 Å². The molecule has 1 fully saturated rings. The first-order chi connectivity index (χ1) is 7.74. The van der Waals surface area contributed by atoms with Crippen molar-refractivity contribution in [2.75, 3.05) is 24.6 Å². The van der Waals surface area contributed by atoms with Gasteiger partial charge in [0.25, 0.3) is 0 Å². The molecule has 0 saturated carbocycles. The molecular formula is C13H27NOS. The third-order valence-corrected chi connectivity index (χ3v) is 4.22. The van der Waals surface area contributed by atoms with Crippen LogP contribution in [0, 0.1) is 0 Å². The van der Waals surface area contributed by atoms with Gasteiger partial charge >= 0.3 is 0 Å². The molecule has 0 bridgehead atoms. The second-order valence-corrected chi connectivity index (χ2v) is 6.21. The topological polar surface area (TPSA) is 23.5 Å². The molecule has 1 rings (SSSR count). The minimum absolute atomic E-state index is 0.149. The highest BCUT2D eigenvalue weighted by atomic mass is 32.2. The van der Waals surface area contributed by atoms with Crippen molar-refractivity contribution in [2.24, 2.45) is 0 Å². The summed E-state index contributed by atoms with van der Waals surface area (Å²) in [4.78, 5) is 2.61. The van der Waals surface area contributed by atoms with Crippen LogP contribution in [0.25, 0.3) is 0 Å². The van der Waals surface area contributed by atoms with Gasteiger partial charge in [-0.25, -0.2) is 0 Å². The maximum absolute atomic E-state index is 9.55. The molecule has 2 atom stereocenters. The summed E-state index contributed by atoms with van der Waals surface area (Å²) < 4.78 is 0. The SMILES string of the molecule is CCSCCN1CCCCCC1CC(C)O. The standard InChI is InChI=1S/C13H27NOS/c1-3-16-10-9-14-8-6-4-5-7-13(14)11-12(2)15/h12-13,15H,3-11H2,1-2H3. The van der Waals surface area contributed by atoms with E-state index in [4.69, 9.17) is 0 Å². The molecule has 1 heterocycles. The van der Waals surface area contributed by atoms with E-state index in [1.54, 1.807) is 0 Å². The summed E-state index contributed by atoms with van der Waals surface area (Å²) in [5.74, 6) is 2.46. The van der Waals surface area contributed by atoms with Gasteiger partial charge in [0.1, 0.15) is 0 Å². The minimum atomic E-state index is -0.149. The first-order valence-electron chi connectivity index (χ1n) is 6.74. The summed E-state index contributed by atoms with van der Waals surface area (Å²) >= 11 is 2.03. The Hall–Kier alpha value is 0.270. The molecule has 1 N–H and O–H groups in total. The third kappa shape index (κ3) is 5.55. The van der Waals surface area contributed by atoms with Gasteiger partial charge in [0.15, 0.2) is 0 Å².